The van der Waals surface area contributed by atoms with Gasteiger partial charge in [-0.1, -0.05) is 24.3 Å². The van der Waals surface area contributed by atoms with Crippen LogP contribution in [0, 0.1) is 13.8 Å². The third-order valence-electron chi connectivity index (χ3n) is 4.63. The Kier molecular flexibility index (Phi) is 5.18. The zero-order valence-corrected chi connectivity index (χ0v) is 17.1. The van der Waals surface area contributed by atoms with Gasteiger partial charge in [0.15, 0.2) is 6.61 Å². The van der Waals surface area contributed by atoms with Gasteiger partial charge in [-0.25, -0.2) is 4.52 Å². The molecule has 0 saturated carbocycles. The van der Waals surface area contributed by atoms with E-state index in [1.54, 1.807) is 11.6 Å². The molecule has 0 saturated heterocycles. The van der Waals surface area contributed by atoms with E-state index < -0.39 is 0 Å². The third kappa shape index (κ3) is 3.79. The van der Waals surface area contributed by atoms with Crippen LogP contribution in [0.1, 0.15) is 11.1 Å². The van der Waals surface area contributed by atoms with Crippen molar-refractivity contribution in [2.75, 3.05) is 19.0 Å². The van der Waals surface area contributed by atoms with E-state index in [0.29, 0.717) is 10.7 Å². The van der Waals surface area contributed by atoms with Crippen molar-refractivity contribution >= 4 is 28.2 Å². The summed E-state index contributed by atoms with van der Waals surface area (Å²) in [6.45, 7) is 3.85. The van der Waals surface area contributed by atoms with Crippen molar-refractivity contribution < 1.29 is 14.3 Å². The highest BCUT2D eigenvalue weighted by molar-refractivity contribution is 7.15. The van der Waals surface area contributed by atoms with Crippen molar-refractivity contribution in [3.8, 4) is 22.8 Å². The maximum Gasteiger partial charge on any atom is 0.264 e. The van der Waals surface area contributed by atoms with Crippen LogP contribution in [0.5, 0.6) is 11.5 Å². The number of ether oxygens (including phenoxy) is 2. The lowest BCUT2D eigenvalue weighted by molar-refractivity contribution is -0.118. The molecular formula is C21H20N4O3S. The summed E-state index contributed by atoms with van der Waals surface area (Å²) in [5.41, 5.74) is 3.88. The van der Waals surface area contributed by atoms with Crippen LogP contribution in [0.25, 0.3) is 16.2 Å². The van der Waals surface area contributed by atoms with Crippen LogP contribution in [0.3, 0.4) is 0 Å². The Labute approximate surface area is 171 Å². The van der Waals surface area contributed by atoms with Crippen LogP contribution in [0.4, 0.5) is 5.95 Å². The molecule has 1 amide bonds. The minimum Gasteiger partial charge on any atom is -0.496 e. The lowest BCUT2D eigenvalue weighted by Gasteiger charge is -2.10. The molecule has 29 heavy (non-hydrogen) atoms. The van der Waals surface area contributed by atoms with Crippen molar-refractivity contribution in [2.24, 2.45) is 0 Å². The normalized spacial score (nSPS) is 10.9. The average Bonchev–Trinajstić information content (AvgIpc) is 3.29. The maximum absolute atomic E-state index is 12.3. The van der Waals surface area contributed by atoms with Crippen molar-refractivity contribution in [3.05, 3.63) is 59.0 Å². The highest BCUT2D eigenvalue weighted by atomic mass is 32.1. The number of aromatic nitrogens is 3. The average molecular weight is 408 g/mol. The molecular weight excluding hydrogens is 388 g/mol. The number of rotatable bonds is 6. The number of fused-ring (bicyclic) bond motifs is 1. The van der Waals surface area contributed by atoms with Crippen LogP contribution >= 0.6 is 11.3 Å². The molecule has 0 radical (unpaired) electrons. The SMILES string of the molecule is COc1ccccc1-c1csc2nc(NC(=O)COc3cccc(C)c3C)nn12. The first-order valence-electron chi connectivity index (χ1n) is 9.03. The van der Waals surface area contributed by atoms with Gasteiger partial charge in [0.05, 0.1) is 12.8 Å². The fraction of sp³-hybridized carbons (Fsp3) is 0.190. The number of hydrogen-bond donors (Lipinski definition) is 1. The highest BCUT2D eigenvalue weighted by Crippen LogP contribution is 2.32. The molecule has 4 rings (SSSR count). The van der Waals surface area contributed by atoms with E-state index in [4.69, 9.17) is 9.47 Å². The molecule has 0 aliphatic heterocycles. The number of carbonyl (C=O) groups excluding carboxylic acids is 1. The molecule has 1 N–H and O–H groups in total. The Balaban J connectivity index is 1.50. The van der Waals surface area contributed by atoms with Gasteiger partial charge in [-0.3, -0.25) is 10.1 Å². The topological polar surface area (TPSA) is 77.8 Å². The van der Waals surface area contributed by atoms with Gasteiger partial charge in [0.25, 0.3) is 11.9 Å². The lowest BCUT2D eigenvalue weighted by Crippen LogP contribution is -2.21. The Morgan fingerprint density at radius 2 is 1.93 bits per heavy atom. The van der Waals surface area contributed by atoms with E-state index in [2.05, 4.69) is 15.4 Å². The van der Waals surface area contributed by atoms with E-state index in [1.807, 2.05) is 61.7 Å². The molecule has 0 bridgehead atoms. The van der Waals surface area contributed by atoms with Gasteiger partial charge < -0.3 is 9.47 Å². The van der Waals surface area contributed by atoms with Crippen LogP contribution in [-0.4, -0.2) is 34.2 Å². The van der Waals surface area contributed by atoms with Gasteiger partial charge in [-0.15, -0.1) is 16.4 Å². The molecule has 2 aromatic carbocycles. The second kappa shape index (κ2) is 7.92. The molecule has 0 atom stereocenters. The summed E-state index contributed by atoms with van der Waals surface area (Å²) in [6, 6.07) is 13.4. The van der Waals surface area contributed by atoms with Gasteiger partial charge in [0.1, 0.15) is 11.5 Å². The third-order valence-corrected chi connectivity index (χ3v) is 5.45. The number of nitrogens with zero attached hydrogens (tertiary/aromatic N) is 3. The van der Waals surface area contributed by atoms with Crippen molar-refractivity contribution in [3.63, 3.8) is 0 Å². The molecule has 4 aromatic rings. The molecule has 7 nitrogen and oxygen atoms in total. The Bertz CT molecular complexity index is 1180. The highest BCUT2D eigenvalue weighted by Gasteiger charge is 2.16. The summed E-state index contributed by atoms with van der Waals surface area (Å²) in [5, 5.41) is 9.08. The standard InChI is InChI=1S/C21H20N4O3S/c1-13-7-6-10-17(14(13)2)28-11-19(26)22-20-23-21-25(24-20)16(12-29-21)15-8-4-5-9-18(15)27-3/h4-10,12H,11H2,1-3H3,(H,22,24,26). The summed E-state index contributed by atoms with van der Waals surface area (Å²) in [4.78, 5) is 17.4. The van der Waals surface area contributed by atoms with Crippen LogP contribution in [0.15, 0.2) is 47.8 Å². The summed E-state index contributed by atoms with van der Waals surface area (Å²) >= 11 is 1.44. The second-order valence-electron chi connectivity index (χ2n) is 6.49. The molecule has 148 valence electrons. The maximum atomic E-state index is 12.3. The van der Waals surface area contributed by atoms with Gasteiger partial charge in [-0.2, -0.15) is 4.98 Å². The lowest BCUT2D eigenvalue weighted by atomic mass is 10.1. The number of nitrogens with one attached hydrogen (secondary N) is 1. The monoisotopic (exact) mass is 408 g/mol. The summed E-state index contributed by atoms with van der Waals surface area (Å²) in [5.74, 6) is 1.36. The first kappa shape index (κ1) is 18.9. The number of hydrogen-bond acceptors (Lipinski definition) is 6. The minimum atomic E-state index is -0.317. The molecule has 0 aliphatic carbocycles. The fourth-order valence-corrected chi connectivity index (χ4v) is 3.78. The molecule has 2 heterocycles. The predicted octanol–water partition coefficient (Wildman–Crippen LogP) is 4.10. The quantitative estimate of drug-likeness (QED) is 0.520. The molecule has 0 aliphatic rings. The minimum absolute atomic E-state index is 0.115. The molecule has 2 aromatic heterocycles. The first-order valence-corrected chi connectivity index (χ1v) is 9.91. The summed E-state index contributed by atoms with van der Waals surface area (Å²) < 4.78 is 12.8. The molecule has 8 heteroatoms. The zero-order valence-electron chi connectivity index (χ0n) is 16.3. The number of aryl methyl sites for hydroxylation is 1. The zero-order chi connectivity index (χ0) is 20.4. The summed E-state index contributed by atoms with van der Waals surface area (Å²) in [6.07, 6.45) is 0. The van der Waals surface area contributed by atoms with Crippen LogP contribution in [-0.2, 0) is 4.79 Å². The Morgan fingerprint density at radius 3 is 2.76 bits per heavy atom. The van der Waals surface area contributed by atoms with Gasteiger partial charge in [0.2, 0.25) is 4.96 Å². The number of anilines is 1. The second-order valence-corrected chi connectivity index (χ2v) is 7.32. The van der Waals surface area contributed by atoms with Gasteiger partial charge in [-0.05, 0) is 43.2 Å². The number of methoxy groups -OCH3 is 1. The smallest absolute Gasteiger partial charge is 0.264 e. The number of thiazole rings is 1. The largest absolute Gasteiger partial charge is 0.496 e. The number of para-hydroxylation sites is 1. The van der Waals surface area contributed by atoms with Gasteiger partial charge in [0, 0.05) is 10.9 Å². The first-order chi connectivity index (χ1) is 14.1. The van der Waals surface area contributed by atoms with E-state index in [0.717, 1.165) is 28.1 Å². The summed E-state index contributed by atoms with van der Waals surface area (Å²) in [7, 11) is 1.63. The van der Waals surface area contributed by atoms with Crippen LogP contribution < -0.4 is 14.8 Å². The molecule has 0 unspecified atom stereocenters. The Morgan fingerprint density at radius 1 is 1.14 bits per heavy atom. The fourth-order valence-electron chi connectivity index (χ4n) is 2.96. The van der Waals surface area contributed by atoms with Crippen molar-refractivity contribution in [2.45, 2.75) is 13.8 Å². The number of carbonyl (C=O) groups is 1. The Hall–Kier alpha value is -3.39. The number of benzene rings is 2. The predicted molar refractivity (Wildman–Crippen MR) is 113 cm³/mol. The van der Waals surface area contributed by atoms with Crippen molar-refractivity contribution in [1.29, 1.82) is 0 Å². The van der Waals surface area contributed by atoms with E-state index >= 15 is 0 Å². The van der Waals surface area contributed by atoms with Gasteiger partial charge >= 0.3 is 0 Å². The van der Waals surface area contributed by atoms with Crippen molar-refractivity contribution in [1.82, 2.24) is 14.6 Å². The van der Waals surface area contributed by atoms with E-state index in [-0.39, 0.29) is 18.5 Å². The van der Waals surface area contributed by atoms with Crippen LogP contribution in [0.2, 0.25) is 0 Å². The number of amides is 1. The molecule has 0 fully saturated rings. The molecule has 0 spiro atoms. The van der Waals surface area contributed by atoms with E-state index in [9.17, 15) is 4.79 Å². The van der Waals surface area contributed by atoms with E-state index in [1.165, 1.54) is 11.3 Å².